The van der Waals surface area contributed by atoms with Gasteiger partial charge < -0.3 is 5.73 Å². The van der Waals surface area contributed by atoms with E-state index in [0.717, 1.165) is 13.0 Å². The van der Waals surface area contributed by atoms with Gasteiger partial charge in [0.05, 0.1) is 0 Å². The highest BCUT2D eigenvalue weighted by Crippen LogP contribution is 2.14. The molecule has 0 saturated heterocycles. The van der Waals surface area contributed by atoms with E-state index in [4.69, 9.17) is 5.73 Å². The second kappa shape index (κ2) is 4.83. The second-order valence-electron chi connectivity index (χ2n) is 3.33. The second-order valence-corrected chi connectivity index (χ2v) is 3.33. The quantitative estimate of drug-likeness (QED) is 0.751. The van der Waals surface area contributed by atoms with Crippen molar-refractivity contribution in [3.05, 3.63) is 41.5 Å². The predicted octanol–water partition coefficient (Wildman–Crippen LogP) is 2.75. The fourth-order valence-corrected chi connectivity index (χ4v) is 1.23. The van der Waals surface area contributed by atoms with E-state index in [1.165, 1.54) is 16.7 Å². The van der Waals surface area contributed by atoms with Gasteiger partial charge in [-0.25, -0.2) is 0 Å². The highest BCUT2D eigenvalue weighted by Gasteiger charge is 1.93. The van der Waals surface area contributed by atoms with E-state index in [1.807, 2.05) is 0 Å². The van der Waals surface area contributed by atoms with Gasteiger partial charge in [-0.15, -0.1) is 0 Å². The first-order valence-corrected chi connectivity index (χ1v) is 4.68. The number of nitrogens with two attached hydrogens (primary N) is 1. The van der Waals surface area contributed by atoms with Crippen LogP contribution in [0.15, 0.2) is 30.3 Å². The van der Waals surface area contributed by atoms with E-state index in [1.54, 1.807) is 0 Å². The molecule has 0 radical (unpaired) electrons. The topological polar surface area (TPSA) is 26.0 Å². The lowest BCUT2D eigenvalue weighted by Gasteiger charge is -2.01. The van der Waals surface area contributed by atoms with Crippen LogP contribution in [-0.4, -0.2) is 6.54 Å². The van der Waals surface area contributed by atoms with Crippen molar-refractivity contribution in [2.24, 2.45) is 5.73 Å². The van der Waals surface area contributed by atoms with Crippen molar-refractivity contribution in [3.8, 4) is 0 Å². The fraction of sp³-hybridized carbons (Fsp3) is 0.333. The van der Waals surface area contributed by atoms with Crippen molar-refractivity contribution in [2.45, 2.75) is 20.3 Å². The minimum atomic E-state index is 0.725. The summed E-state index contributed by atoms with van der Waals surface area (Å²) in [5.41, 5.74) is 9.34. The van der Waals surface area contributed by atoms with Crippen molar-refractivity contribution < 1.29 is 0 Å². The molecule has 0 aliphatic rings. The summed E-state index contributed by atoms with van der Waals surface area (Å²) in [4.78, 5) is 0. The molecule has 70 valence electrons. The van der Waals surface area contributed by atoms with Crippen LogP contribution < -0.4 is 5.73 Å². The normalized spacial score (nSPS) is 11.8. The van der Waals surface area contributed by atoms with Crippen molar-refractivity contribution in [3.63, 3.8) is 0 Å². The van der Waals surface area contributed by atoms with E-state index in [2.05, 4.69) is 44.2 Å². The van der Waals surface area contributed by atoms with Crippen molar-refractivity contribution in [1.82, 2.24) is 0 Å². The third-order valence-corrected chi connectivity index (χ3v) is 2.12. The number of hydrogen-bond acceptors (Lipinski definition) is 1. The molecule has 13 heavy (non-hydrogen) atoms. The molecule has 0 aliphatic carbocycles. The molecule has 0 amide bonds. The molecule has 1 rings (SSSR count). The van der Waals surface area contributed by atoms with Crippen molar-refractivity contribution in [2.75, 3.05) is 6.54 Å². The molecular formula is C12H17N. The van der Waals surface area contributed by atoms with Crippen LogP contribution in [0.2, 0.25) is 0 Å². The maximum Gasteiger partial charge on any atom is -0.00424 e. The van der Waals surface area contributed by atoms with Crippen LogP contribution >= 0.6 is 0 Å². The monoisotopic (exact) mass is 175 g/mol. The lowest BCUT2D eigenvalue weighted by Crippen LogP contribution is -1.95. The van der Waals surface area contributed by atoms with Gasteiger partial charge in [-0.05, 0) is 37.9 Å². The molecule has 0 aliphatic heterocycles. The fourth-order valence-electron chi connectivity index (χ4n) is 1.23. The Morgan fingerprint density at radius 1 is 1.31 bits per heavy atom. The zero-order valence-corrected chi connectivity index (χ0v) is 8.38. The standard InChI is InChI=1S/C12H17N/c1-10-5-7-12(8-6-10)11(2)4-3-9-13/h4-8H,3,9,13H2,1-2H3. The highest BCUT2D eigenvalue weighted by atomic mass is 14.5. The first-order chi connectivity index (χ1) is 6.24. The first-order valence-electron chi connectivity index (χ1n) is 4.68. The van der Waals surface area contributed by atoms with Crippen LogP contribution in [0.5, 0.6) is 0 Å². The van der Waals surface area contributed by atoms with Gasteiger partial charge in [-0.1, -0.05) is 35.9 Å². The van der Waals surface area contributed by atoms with E-state index >= 15 is 0 Å². The van der Waals surface area contributed by atoms with E-state index in [-0.39, 0.29) is 0 Å². The molecule has 0 atom stereocenters. The summed E-state index contributed by atoms with van der Waals surface area (Å²) in [6.07, 6.45) is 3.14. The van der Waals surface area contributed by atoms with Crippen molar-refractivity contribution in [1.29, 1.82) is 0 Å². The van der Waals surface area contributed by atoms with E-state index in [9.17, 15) is 0 Å². The van der Waals surface area contributed by atoms with Crippen LogP contribution in [0.4, 0.5) is 0 Å². The summed E-state index contributed by atoms with van der Waals surface area (Å²) < 4.78 is 0. The molecule has 1 aromatic carbocycles. The number of rotatable bonds is 3. The Kier molecular flexibility index (Phi) is 3.71. The Labute approximate surface area is 80.3 Å². The molecule has 0 fully saturated rings. The number of allylic oxidation sites excluding steroid dienone is 1. The van der Waals surface area contributed by atoms with Crippen LogP contribution in [0.3, 0.4) is 0 Å². The molecular weight excluding hydrogens is 158 g/mol. The van der Waals surface area contributed by atoms with Gasteiger partial charge in [-0.2, -0.15) is 0 Å². The Bertz CT molecular complexity index is 282. The predicted molar refractivity (Wildman–Crippen MR) is 58.5 cm³/mol. The van der Waals surface area contributed by atoms with Gasteiger partial charge in [0, 0.05) is 0 Å². The first kappa shape index (κ1) is 10.0. The number of benzene rings is 1. The van der Waals surface area contributed by atoms with Crippen LogP contribution in [0.25, 0.3) is 5.57 Å². The third kappa shape index (κ3) is 3.03. The van der Waals surface area contributed by atoms with E-state index < -0.39 is 0 Å². The molecule has 1 nitrogen and oxygen atoms in total. The molecule has 0 bridgehead atoms. The summed E-state index contributed by atoms with van der Waals surface area (Å²) in [7, 11) is 0. The molecule has 2 N–H and O–H groups in total. The van der Waals surface area contributed by atoms with Crippen LogP contribution in [-0.2, 0) is 0 Å². The Morgan fingerprint density at radius 3 is 2.46 bits per heavy atom. The maximum absolute atomic E-state index is 5.43. The summed E-state index contributed by atoms with van der Waals surface area (Å²) in [6, 6.07) is 8.57. The largest absolute Gasteiger partial charge is 0.330 e. The minimum absolute atomic E-state index is 0.725. The molecule has 0 heterocycles. The molecule has 0 unspecified atom stereocenters. The molecule has 1 aromatic rings. The zero-order valence-electron chi connectivity index (χ0n) is 8.38. The van der Waals surface area contributed by atoms with E-state index in [0.29, 0.717) is 0 Å². The minimum Gasteiger partial charge on any atom is -0.330 e. The maximum atomic E-state index is 5.43. The lowest BCUT2D eigenvalue weighted by molar-refractivity contribution is 1.01. The Balaban J connectivity index is 2.77. The summed E-state index contributed by atoms with van der Waals surface area (Å²) >= 11 is 0. The third-order valence-electron chi connectivity index (χ3n) is 2.12. The molecule has 0 spiro atoms. The van der Waals surface area contributed by atoms with Crippen LogP contribution in [0.1, 0.15) is 24.5 Å². The average molecular weight is 175 g/mol. The van der Waals surface area contributed by atoms with Gasteiger partial charge in [0.15, 0.2) is 0 Å². The van der Waals surface area contributed by atoms with Gasteiger partial charge in [-0.3, -0.25) is 0 Å². The molecule has 1 heteroatoms. The number of hydrogen-bond donors (Lipinski definition) is 1. The van der Waals surface area contributed by atoms with Gasteiger partial charge in [0.25, 0.3) is 0 Å². The van der Waals surface area contributed by atoms with Gasteiger partial charge >= 0.3 is 0 Å². The average Bonchev–Trinajstić information content (AvgIpc) is 2.15. The lowest BCUT2D eigenvalue weighted by atomic mass is 10.1. The Hall–Kier alpha value is -1.08. The summed E-state index contributed by atoms with van der Waals surface area (Å²) in [6.45, 7) is 4.95. The molecule has 0 saturated carbocycles. The SMILES string of the molecule is CC(=CCCN)c1ccc(C)cc1. The van der Waals surface area contributed by atoms with Crippen molar-refractivity contribution >= 4 is 5.57 Å². The molecule has 0 aromatic heterocycles. The smallest absolute Gasteiger partial charge is 0.00424 e. The number of aryl methyl sites for hydroxylation is 1. The van der Waals surface area contributed by atoms with Crippen LogP contribution in [0, 0.1) is 6.92 Å². The van der Waals surface area contributed by atoms with Gasteiger partial charge in [0.1, 0.15) is 0 Å². The zero-order chi connectivity index (χ0) is 9.68. The summed E-state index contributed by atoms with van der Waals surface area (Å²) in [5, 5.41) is 0. The summed E-state index contributed by atoms with van der Waals surface area (Å²) in [5.74, 6) is 0. The highest BCUT2D eigenvalue weighted by molar-refractivity contribution is 5.63. The van der Waals surface area contributed by atoms with Gasteiger partial charge in [0.2, 0.25) is 0 Å². The Morgan fingerprint density at radius 2 is 1.92 bits per heavy atom.